The van der Waals surface area contributed by atoms with Crippen molar-refractivity contribution in [2.24, 2.45) is 0 Å². The van der Waals surface area contributed by atoms with Crippen molar-refractivity contribution in [3.8, 4) is 0 Å². The lowest BCUT2D eigenvalue weighted by Crippen LogP contribution is -2.60. The third-order valence-corrected chi connectivity index (χ3v) is 9.36. The van der Waals surface area contributed by atoms with E-state index < -0.39 is 59.8 Å². The van der Waals surface area contributed by atoms with Crippen LogP contribution >= 0.6 is 0 Å². The van der Waals surface area contributed by atoms with E-state index in [4.69, 9.17) is 23.5 Å². The molecule has 340 valence electrons. The van der Waals surface area contributed by atoms with Gasteiger partial charge in [-0.15, -0.1) is 0 Å². The smallest absolute Gasteiger partial charge is 0.397 e. The molecule has 13 heteroatoms. The van der Waals surface area contributed by atoms with Crippen molar-refractivity contribution in [1.29, 1.82) is 0 Å². The van der Waals surface area contributed by atoms with E-state index in [1.54, 1.807) is 0 Å². The maximum Gasteiger partial charge on any atom is 0.397 e. The molecule has 0 spiro atoms. The molecule has 60 heavy (non-hydrogen) atoms. The van der Waals surface area contributed by atoms with Crippen LogP contribution in [0.1, 0.15) is 117 Å². The minimum absolute atomic E-state index is 0.0187. The molecular weight excluding hydrogens is 789 g/mol. The number of aliphatic hydroxyl groups excluding tert-OH is 3. The molecule has 4 N–H and O–H groups in total. The van der Waals surface area contributed by atoms with E-state index in [0.717, 1.165) is 89.9 Å². The van der Waals surface area contributed by atoms with E-state index in [2.05, 4.69) is 127 Å². The Morgan fingerprint density at radius 2 is 1.08 bits per heavy atom. The molecule has 0 aromatic heterocycles. The van der Waals surface area contributed by atoms with Crippen LogP contribution in [0, 0.1) is 0 Å². The number of aliphatic hydroxyl groups is 3. The summed E-state index contributed by atoms with van der Waals surface area (Å²) in [6, 6.07) is 0. The first kappa shape index (κ1) is 54.8. The maximum absolute atomic E-state index is 12.8. The minimum atomic E-state index is -5.08. The largest absolute Gasteiger partial charge is 0.457 e. The molecule has 1 saturated heterocycles. The summed E-state index contributed by atoms with van der Waals surface area (Å²) in [6.07, 6.45) is 42.8. The second-order valence-electron chi connectivity index (χ2n) is 14.2. The Morgan fingerprint density at radius 1 is 0.633 bits per heavy atom. The number of unbranched alkanes of at least 4 members (excludes halogenated alkanes) is 4. The fraction of sp³-hybridized carbons (Fsp3) is 0.596. The minimum Gasteiger partial charge on any atom is -0.457 e. The molecule has 1 heterocycles. The molecule has 1 aliphatic heterocycles. The van der Waals surface area contributed by atoms with Crippen LogP contribution in [0.5, 0.6) is 0 Å². The van der Waals surface area contributed by atoms with Crippen LogP contribution in [0.15, 0.2) is 109 Å². The molecule has 6 atom stereocenters. The average Bonchev–Trinajstić information content (AvgIpc) is 3.22. The summed E-state index contributed by atoms with van der Waals surface area (Å²) in [4.78, 5) is 12.8. The number of carbonyl (C=O) groups excluding carboxylic acids is 1. The number of rotatable bonds is 35. The van der Waals surface area contributed by atoms with Gasteiger partial charge in [0.25, 0.3) is 0 Å². The zero-order chi connectivity index (χ0) is 43.9. The first-order chi connectivity index (χ1) is 29.1. The van der Waals surface area contributed by atoms with Gasteiger partial charge in [-0.2, -0.15) is 8.42 Å². The molecule has 0 aromatic rings. The van der Waals surface area contributed by atoms with Crippen molar-refractivity contribution in [2.45, 2.75) is 153 Å². The Morgan fingerprint density at radius 3 is 1.53 bits per heavy atom. The van der Waals surface area contributed by atoms with Crippen LogP contribution in [-0.4, -0.2) is 97.5 Å². The van der Waals surface area contributed by atoms with Crippen LogP contribution in [-0.2, 0) is 38.3 Å². The lowest BCUT2D eigenvalue weighted by molar-refractivity contribution is -0.301. The average molecular weight is 863 g/mol. The van der Waals surface area contributed by atoms with Crippen LogP contribution in [0.25, 0.3) is 0 Å². The maximum atomic E-state index is 12.8. The van der Waals surface area contributed by atoms with Crippen molar-refractivity contribution >= 4 is 16.4 Å². The predicted octanol–water partition coefficient (Wildman–Crippen LogP) is 8.85. The Bertz CT molecular complexity index is 1460. The molecule has 0 aliphatic carbocycles. The Hall–Kier alpha value is -3.24. The SMILES string of the molecule is CC/C=C\C/C=C\C/C=C\C/C=C\C/C=C\CCCCOCC(COC1OC(CO)C(O)C(OS(=O)(=O)O)C1O)OC(=O)CCCC/C=C\C/C=C\C/C=C\C/C=C\CC. The molecular formula is C47H74O12S. The summed E-state index contributed by atoms with van der Waals surface area (Å²) in [6.45, 7) is 3.55. The molecule has 1 fully saturated rings. The summed E-state index contributed by atoms with van der Waals surface area (Å²) in [5.74, 6) is -0.461. The van der Waals surface area contributed by atoms with E-state index >= 15 is 0 Å². The van der Waals surface area contributed by atoms with E-state index in [9.17, 15) is 28.5 Å². The first-order valence-electron chi connectivity index (χ1n) is 21.6. The number of ether oxygens (including phenoxy) is 4. The van der Waals surface area contributed by atoms with E-state index in [1.807, 2.05) is 0 Å². The fourth-order valence-electron chi connectivity index (χ4n) is 5.69. The van der Waals surface area contributed by atoms with Crippen molar-refractivity contribution in [3.63, 3.8) is 0 Å². The summed E-state index contributed by atoms with van der Waals surface area (Å²) in [7, 11) is -5.08. The second kappa shape index (κ2) is 37.5. The van der Waals surface area contributed by atoms with Gasteiger partial charge >= 0.3 is 16.4 Å². The van der Waals surface area contributed by atoms with Crippen LogP contribution in [0.2, 0.25) is 0 Å². The van der Waals surface area contributed by atoms with E-state index in [1.165, 1.54) is 0 Å². The summed E-state index contributed by atoms with van der Waals surface area (Å²) >= 11 is 0. The van der Waals surface area contributed by atoms with Gasteiger partial charge in [-0.3, -0.25) is 9.35 Å². The van der Waals surface area contributed by atoms with Crippen LogP contribution in [0.3, 0.4) is 0 Å². The van der Waals surface area contributed by atoms with Gasteiger partial charge in [-0.05, 0) is 96.3 Å². The monoisotopic (exact) mass is 862 g/mol. The lowest BCUT2D eigenvalue weighted by Gasteiger charge is -2.41. The number of esters is 1. The lowest BCUT2D eigenvalue weighted by atomic mass is 9.99. The molecule has 0 amide bonds. The highest BCUT2D eigenvalue weighted by Crippen LogP contribution is 2.26. The van der Waals surface area contributed by atoms with Gasteiger partial charge in [0.05, 0.1) is 19.8 Å². The van der Waals surface area contributed by atoms with Gasteiger partial charge in [0.1, 0.15) is 30.5 Å². The molecule has 0 aromatic carbocycles. The fourth-order valence-corrected chi connectivity index (χ4v) is 6.20. The third kappa shape index (κ3) is 30.7. The topological polar surface area (TPSA) is 178 Å². The quantitative estimate of drug-likeness (QED) is 0.0206. The van der Waals surface area contributed by atoms with Crippen LogP contribution in [0.4, 0.5) is 0 Å². The highest BCUT2D eigenvalue weighted by Gasteiger charge is 2.48. The zero-order valence-corrected chi connectivity index (χ0v) is 36.8. The number of allylic oxidation sites excluding steroid dienone is 18. The van der Waals surface area contributed by atoms with Gasteiger partial charge in [-0.1, -0.05) is 123 Å². The van der Waals surface area contributed by atoms with Crippen molar-refractivity contribution in [3.05, 3.63) is 109 Å². The van der Waals surface area contributed by atoms with Gasteiger partial charge < -0.3 is 34.3 Å². The Balaban J connectivity index is 2.53. The van der Waals surface area contributed by atoms with Crippen molar-refractivity contribution in [2.75, 3.05) is 26.4 Å². The summed E-state index contributed by atoms with van der Waals surface area (Å²) in [5, 5.41) is 30.6. The summed E-state index contributed by atoms with van der Waals surface area (Å²) in [5.41, 5.74) is 0. The van der Waals surface area contributed by atoms with Gasteiger partial charge in [-0.25, -0.2) is 4.18 Å². The normalized spacial score (nSPS) is 21.3. The van der Waals surface area contributed by atoms with Gasteiger partial charge in [0, 0.05) is 13.0 Å². The number of hydrogen-bond donors (Lipinski definition) is 4. The van der Waals surface area contributed by atoms with Gasteiger partial charge in [0.2, 0.25) is 0 Å². The number of carbonyl (C=O) groups is 1. The van der Waals surface area contributed by atoms with Crippen molar-refractivity contribution in [1.82, 2.24) is 0 Å². The molecule has 0 saturated carbocycles. The second-order valence-corrected chi connectivity index (χ2v) is 15.2. The highest BCUT2D eigenvalue weighted by atomic mass is 32.3. The molecule has 1 rings (SSSR count). The first-order valence-corrected chi connectivity index (χ1v) is 23.0. The third-order valence-electron chi connectivity index (χ3n) is 8.89. The van der Waals surface area contributed by atoms with Gasteiger partial charge in [0.15, 0.2) is 6.29 Å². The van der Waals surface area contributed by atoms with Crippen molar-refractivity contribution < 1.29 is 56.2 Å². The Kier molecular flexibility index (Phi) is 34.3. The van der Waals surface area contributed by atoms with Crippen LogP contribution < -0.4 is 0 Å². The molecule has 6 unspecified atom stereocenters. The zero-order valence-electron chi connectivity index (χ0n) is 36.0. The highest BCUT2D eigenvalue weighted by molar-refractivity contribution is 7.80. The van der Waals surface area contributed by atoms with E-state index in [-0.39, 0.29) is 19.6 Å². The molecule has 1 aliphatic rings. The molecule has 12 nitrogen and oxygen atoms in total. The molecule has 0 bridgehead atoms. The number of hydrogen-bond acceptors (Lipinski definition) is 11. The Labute approximate surface area is 360 Å². The molecule has 0 radical (unpaired) electrons. The predicted molar refractivity (Wildman–Crippen MR) is 238 cm³/mol. The standard InChI is InChI=1S/C47H74O12S/c1-3-5-7-9-11-13-15-17-19-20-21-23-25-27-29-31-33-35-37-55-39-41(40-56-47-45(51)46(59-60(52,53)54)44(50)42(38-48)58-47)57-43(49)36-34-32-30-28-26-24-22-18-16-14-12-10-8-6-4-2/h5-8,11-14,17-19,21-23,26-29,41-42,44-48,50-51H,3-4,9-10,15-16,20,24-25,30-40H2,1-2H3,(H,52,53,54)/b7-5-,8-6-,13-11-,14-12-,19-17-,22-18-,23-21-,28-26-,29-27-. The summed E-state index contributed by atoms with van der Waals surface area (Å²) < 4.78 is 58.9. The van der Waals surface area contributed by atoms with E-state index in [0.29, 0.717) is 13.0 Å².